The number of aryl methyl sites for hydroxylation is 1. The first kappa shape index (κ1) is 10.7. The molecule has 1 aliphatic heterocycles. The average molecular weight is 249 g/mol. The molecule has 1 unspecified atom stereocenters. The summed E-state index contributed by atoms with van der Waals surface area (Å²) in [5, 5.41) is 4.73. The van der Waals surface area contributed by atoms with Gasteiger partial charge in [0.2, 0.25) is 0 Å². The highest BCUT2D eigenvalue weighted by molar-refractivity contribution is 5.81. The summed E-state index contributed by atoms with van der Waals surface area (Å²) < 4.78 is 6.05. The summed E-state index contributed by atoms with van der Waals surface area (Å²) in [7, 11) is 0. The zero-order chi connectivity index (χ0) is 12.8. The van der Waals surface area contributed by atoms with Gasteiger partial charge in [0.15, 0.2) is 0 Å². The predicted molar refractivity (Wildman–Crippen MR) is 77.5 cm³/mol. The highest BCUT2D eigenvalue weighted by atomic mass is 16.3. The van der Waals surface area contributed by atoms with Crippen molar-refractivity contribution in [1.29, 1.82) is 0 Å². The quantitative estimate of drug-likeness (QED) is 0.689. The molecule has 0 amide bonds. The van der Waals surface area contributed by atoms with Gasteiger partial charge in [-0.3, -0.25) is 0 Å². The Morgan fingerprint density at radius 2 is 2.00 bits per heavy atom. The van der Waals surface area contributed by atoms with Crippen LogP contribution in [0.15, 0.2) is 52.9 Å². The first-order valence-corrected chi connectivity index (χ1v) is 6.65. The van der Waals surface area contributed by atoms with Gasteiger partial charge in [-0.05, 0) is 30.2 Å². The largest absolute Gasteiger partial charge is 0.459 e. The molecule has 2 nitrogen and oxygen atoms in total. The van der Waals surface area contributed by atoms with Crippen molar-refractivity contribution in [2.24, 2.45) is 0 Å². The molecule has 0 radical (unpaired) electrons. The lowest BCUT2D eigenvalue weighted by Gasteiger charge is -2.07. The lowest BCUT2D eigenvalue weighted by molar-refractivity contribution is 0.516. The second-order valence-corrected chi connectivity index (χ2v) is 5.20. The molecular weight excluding hydrogens is 234 g/mol. The Hall–Kier alpha value is -2.22. The van der Waals surface area contributed by atoms with Crippen LogP contribution in [-0.2, 0) is 6.42 Å². The fraction of sp³-hybridized carbons (Fsp3) is 0.176. The van der Waals surface area contributed by atoms with Crippen LogP contribution >= 0.6 is 0 Å². The van der Waals surface area contributed by atoms with Crippen LogP contribution in [-0.4, -0.2) is 0 Å². The van der Waals surface area contributed by atoms with Crippen LogP contribution in [0.4, 0.5) is 5.69 Å². The number of anilines is 1. The summed E-state index contributed by atoms with van der Waals surface area (Å²) in [5.74, 6) is 1.03. The predicted octanol–water partition coefficient (Wildman–Crippen LogP) is 4.45. The Morgan fingerprint density at radius 1 is 1.11 bits per heavy atom. The molecule has 1 aromatic heterocycles. The van der Waals surface area contributed by atoms with E-state index in [4.69, 9.17) is 4.42 Å². The summed E-state index contributed by atoms with van der Waals surface area (Å²) >= 11 is 0. The molecule has 1 atom stereocenters. The zero-order valence-electron chi connectivity index (χ0n) is 10.8. The van der Waals surface area contributed by atoms with Crippen LogP contribution in [0.25, 0.3) is 11.0 Å². The number of fused-ring (bicyclic) bond motifs is 2. The van der Waals surface area contributed by atoms with Crippen molar-refractivity contribution in [2.45, 2.75) is 19.4 Å². The Bertz CT molecular complexity index is 732. The molecule has 2 heteroatoms. The van der Waals surface area contributed by atoms with E-state index in [-0.39, 0.29) is 6.04 Å². The molecule has 0 aliphatic carbocycles. The van der Waals surface area contributed by atoms with E-state index < -0.39 is 0 Å². The molecule has 1 aliphatic rings. The molecule has 0 spiro atoms. The number of para-hydroxylation sites is 2. The van der Waals surface area contributed by atoms with E-state index in [2.05, 4.69) is 60.8 Å². The van der Waals surface area contributed by atoms with Crippen LogP contribution in [0, 0.1) is 6.92 Å². The van der Waals surface area contributed by atoms with Gasteiger partial charge in [0.1, 0.15) is 11.3 Å². The summed E-state index contributed by atoms with van der Waals surface area (Å²) in [6, 6.07) is 17.1. The molecule has 0 saturated carbocycles. The third-order valence-electron chi connectivity index (χ3n) is 3.87. The third-order valence-corrected chi connectivity index (χ3v) is 3.87. The van der Waals surface area contributed by atoms with Gasteiger partial charge in [-0.1, -0.05) is 36.4 Å². The first-order valence-electron chi connectivity index (χ1n) is 6.65. The van der Waals surface area contributed by atoms with Crippen molar-refractivity contribution in [3.63, 3.8) is 0 Å². The van der Waals surface area contributed by atoms with Gasteiger partial charge in [0.05, 0.1) is 6.04 Å². The van der Waals surface area contributed by atoms with Crippen molar-refractivity contribution in [1.82, 2.24) is 0 Å². The average Bonchev–Trinajstić information content (AvgIpc) is 3.02. The minimum Gasteiger partial charge on any atom is -0.459 e. The number of furan rings is 1. The SMILES string of the molecule is Cc1cccc2cc(C3Cc4ccccc4N3)oc12. The van der Waals surface area contributed by atoms with E-state index in [0.717, 1.165) is 17.8 Å². The molecule has 2 heterocycles. The van der Waals surface area contributed by atoms with Crippen LogP contribution in [0.1, 0.15) is 22.9 Å². The van der Waals surface area contributed by atoms with Crippen molar-refractivity contribution >= 4 is 16.7 Å². The van der Waals surface area contributed by atoms with Gasteiger partial charge in [0.25, 0.3) is 0 Å². The first-order chi connectivity index (χ1) is 9.31. The smallest absolute Gasteiger partial charge is 0.137 e. The van der Waals surface area contributed by atoms with Crippen molar-refractivity contribution in [2.75, 3.05) is 5.32 Å². The summed E-state index contributed by atoms with van der Waals surface area (Å²) in [6.45, 7) is 2.09. The van der Waals surface area contributed by atoms with Gasteiger partial charge in [0, 0.05) is 17.5 Å². The molecular formula is C17H15NO. The highest BCUT2D eigenvalue weighted by Crippen LogP contribution is 2.36. The lowest BCUT2D eigenvalue weighted by atomic mass is 10.1. The summed E-state index contributed by atoms with van der Waals surface area (Å²) in [6.07, 6.45) is 0.995. The van der Waals surface area contributed by atoms with Crippen LogP contribution in [0.2, 0.25) is 0 Å². The minimum absolute atomic E-state index is 0.254. The molecule has 94 valence electrons. The van der Waals surface area contributed by atoms with E-state index >= 15 is 0 Å². The zero-order valence-corrected chi connectivity index (χ0v) is 10.8. The van der Waals surface area contributed by atoms with Crippen LogP contribution in [0.3, 0.4) is 0 Å². The Balaban J connectivity index is 1.75. The van der Waals surface area contributed by atoms with E-state index in [9.17, 15) is 0 Å². The fourth-order valence-corrected chi connectivity index (χ4v) is 2.87. The molecule has 1 N–H and O–H groups in total. The van der Waals surface area contributed by atoms with Gasteiger partial charge < -0.3 is 9.73 Å². The Labute approximate surface area is 112 Å². The second-order valence-electron chi connectivity index (χ2n) is 5.20. The number of hydrogen-bond acceptors (Lipinski definition) is 2. The number of hydrogen-bond donors (Lipinski definition) is 1. The molecule has 3 aromatic rings. The van der Waals surface area contributed by atoms with Gasteiger partial charge in [-0.15, -0.1) is 0 Å². The number of rotatable bonds is 1. The van der Waals surface area contributed by atoms with Crippen molar-refractivity contribution in [3.05, 3.63) is 65.4 Å². The fourth-order valence-electron chi connectivity index (χ4n) is 2.87. The monoisotopic (exact) mass is 249 g/mol. The van der Waals surface area contributed by atoms with Gasteiger partial charge in [-0.25, -0.2) is 0 Å². The Kier molecular flexibility index (Phi) is 2.18. The second kappa shape index (κ2) is 3.89. The maximum absolute atomic E-state index is 6.05. The molecule has 0 bridgehead atoms. The minimum atomic E-state index is 0.254. The van der Waals surface area contributed by atoms with E-state index in [1.165, 1.54) is 22.2 Å². The summed E-state index contributed by atoms with van der Waals surface area (Å²) in [4.78, 5) is 0. The molecule has 0 fully saturated rings. The molecule has 0 saturated heterocycles. The number of benzene rings is 2. The molecule has 4 rings (SSSR count). The van der Waals surface area contributed by atoms with Gasteiger partial charge in [-0.2, -0.15) is 0 Å². The number of nitrogens with one attached hydrogen (secondary N) is 1. The van der Waals surface area contributed by atoms with E-state index in [1.54, 1.807) is 0 Å². The molecule has 2 aromatic carbocycles. The van der Waals surface area contributed by atoms with Crippen LogP contribution in [0.5, 0.6) is 0 Å². The lowest BCUT2D eigenvalue weighted by Crippen LogP contribution is -2.03. The summed E-state index contributed by atoms with van der Waals surface area (Å²) in [5.41, 5.74) is 4.80. The van der Waals surface area contributed by atoms with Gasteiger partial charge >= 0.3 is 0 Å². The standard InChI is InChI=1S/C17H15NO/c1-11-5-4-7-13-10-16(19-17(11)13)15-9-12-6-2-3-8-14(12)18-15/h2-8,10,15,18H,9H2,1H3. The van der Waals surface area contributed by atoms with Crippen LogP contribution < -0.4 is 5.32 Å². The normalized spacial score (nSPS) is 17.4. The van der Waals surface area contributed by atoms with Crippen molar-refractivity contribution in [3.8, 4) is 0 Å². The highest BCUT2D eigenvalue weighted by Gasteiger charge is 2.24. The van der Waals surface area contributed by atoms with E-state index in [0.29, 0.717) is 0 Å². The third kappa shape index (κ3) is 1.64. The van der Waals surface area contributed by atoms with E-state index in [1.807, 2.05) is 0 Å². The maximum Gasteiger partial charge on any atom is 0.137 e. The Morgan fingerprint density at radius 3 is 2.84 bits per heavy atom. The van der Waals surface area contributed by atoms with Crippen molar-refractivity contribution < 1.29 is 4.42 Å². The maximum atomic E-state index is 6.05. The topological polar surface area (TPSA) is 25.2 Å². The molecule has 19 heavy (non-hydrogen) atoms.